The maximum atomic E-state index is 11.8. The molecule has 6 nitrogen and oxygen atoms in total. The van der Waals surface area contributed by atoms with Crippen molar-refractivity contribution in [2.45, 2.75) is 18.7 Å². The summed E-state index contributed by atoms with van der Waals surface area (Å²) in [5, 5.41) is 17.5. The lowest BCUT2D eigenvalue weighted by Crippen LogP contribution is -2.51. The standard InChI is InChI=1S/C11H11NO5S2/c1-2-5-8(15)12-7(10(16)17)11(19-9(5)12)18-4-3-6(13)14/h2,9H,3-4H2,1H3,(H,13,14)(H,16,17). The Kier molecular flexibility index (Phi) is 3.91. The quantitative estimate of drug-likeness (QED) is 0.584. The lowest BCUT2D eigenvalue weighted by Gasteiger charge is -2.36. The van der Waals surface area contributed by atoms with E-state index in [1.54, 1.807) is 13.0 Å². The van der Waals surface area contributed by atoms with Crippen molar-refractivity contribution in [1.82, 2.24) is 4.90 Å². The number of carboxylic acids is 2. The van der Waals surface area contributed by atoms with Gasteiger partial charge in [0.25, 0.3) is 5.91 Å². The Morgan fingerprint density at radius 1 is 1.47 bits per heavy atom. The van der Waals surface area contributed by atoms with Crippen molar-refractivity contribution >= 4 is 41.4 Å². The molecule has 0 radical (unpaired) electrons. The average molecular weight is 301 g/mol. The Bertz CT molecular complexity index is 525. The summed E-state index contributed by atoms with van der Waals surface area (Å²) in [6, 6.07) is 0. The molecular formula is C11H11NO5S2. The normalized spacial score (nSPS) is 23.6. The van der Waals surface area contributed by atoms with E-state index < -0.39 is 11.9 Å². The maximum Gasteiger partial charge on any atom is 0.354 e. The van der Waals surface area contributed by atoms with Crippen LogP contribution in [0.4, 0.5) is 0 Å². The molecular weight excluding hydrogens is 290 g/mol. The first-order valence-electron chi connectivity index (χ1n) is 5.46. The van der Waals surface area contributed by atoms with Crippen LogP contribution in [0.3, 0.4) is 0 Å². The molecule has 2 heterocycles. The molecule has 2 aliphatic rings. The Balaban J connectivity index is 2.15. The first-order chi connectivity index (χ1) is 8.97. The summed E-state index contributed by atoms with van der Waals surface area (Å²) in [6.45, 7) is 1.74. The number of fused-ring (bicyclic) bond motifs is 1. The van der Waals surface area contributed by atoms with E-state index in [0.29, 0.717) is 9.81 Å². The van der Waals surface area contributed by atoms with Gasteiger partial charge in [0, 0.05) is 11.3 Å². The van der Waals surface area contributed by atoms with E-state index in [2.05, 4.69) is 0 Å². The number of β-lactam (4-membered cyclic amide) rings is 1. The van der Waals surface area contributed by atoms with Gasteiger partial charge in [-0.25, -0.2) is 4.79 Å². The fourth-order valence-corrected chi connectivity index (χ4v) is 4.56. The minimum Gasteiger partial charge on any atom is -0.481 e. The van der Waals surface area contributed by atoms with Crippen molar-refractivity contribution < 1.29 is 24.6 Å². The van der Waals surface area contributed by atoms with Crippen molar-refractivity contribution in [1.29, 1.82) is 0 Å². The van der Waals surface area contributed by atoms with Crippen LogP contribution in [0, 0.1) is 0 Å². The summed E-state index contributed by atoms with van der Waals surface area (Å²) in [5.41, 5.74) is 0.568. The van der Waals surface area contributed by atoms with Crippen molar-refractivity contribution in [3.63, 3.8) is 0 Å². The highest BCUT2D eigenvalue weighted by molar-refractivity contribution is 8.22. The molecule has 0 bridgehead atoms. The van der Waals surface area contributed by atoms with Gasteiger partial charge in [-0.1, -0.05) is 17.8 Å². The summed E-state index contributed by atoms with van der Waals surface area (Å²) >= 11 is 2.46. The van der Waals surface area contributed by atoms with Gasteiger partial charge in [0.2, 0.25) is 0 Å². The van der Waals surface area contributed by atoms with E-state index in [1.807, 2.05) is 0 Å². The number of hydrogen-bond donors (Lipinski definition) is 2. The fraction of sp³-hybridized carbons (Fsp3) is 0.364. The molecule has 1 saturated heterocycles. The monoisotopic (exact) mass is 301 g/mol. The van der Waals surface area contributed by atoms with Crippen LogP contribution in [0.2, 0.25) is 0 Å². The van der Waals surface area contributed by atoms with Crippen molar-refractivity contribution in [2.24, 2.45) is 0 Å². The number of nitrogens with zero attached hydrogens (tertiary/aromatic N) is 1. The Morgan fingerprint density at radius 3 is 2.68 bits per heavy atom. The minimum atomic E-state index is -1.16. The molecule has 0 aliphatic carbocycles. The minimum absolute atomic E-state index is 0.0269. The highest BCUT2D eigenvalue weighted by Crippen LogP contribution is 2.52. The molecule has 0 aromatic heterocycles. The summed E-state index contributed by atoms with van der Waals surface area (Å²) in [7, 11) is 0. The summed E-state index contributed by atoms with van der Waals surface area (Å²) in [5.74, 6) is -2.09. The zero-order valence-electron chi connectivity index (χ0n) is 9.95. The molecule has 102 valence electrons. The lowest BCUT2D eigenvalue weighted by molar-refractivity contribution is -0.141. The molecule has 2 aliphatic heterocycles. The molecule has 0 aromatic rings. The predicted octanol–water partition coefficient (Wildman–Crippen LogP) is 1.31. The molecule has 1 fully saturated rings. The number of allylic oxidation sites excluding steroid dienone is 1. The zero-order valence-corrected chi connectivity index (χ0v) is 11.6. The molecule has 19 heavy (non-hydrogen) atoms. The number of amides is 1. The van der Waals surface area contributed by atoms with E-state index in [4.69, 9.17) is 5.11 Å². The van der Waals surface area contributed by atoms with Crippen LogP contribution >= 0.6 is 23.5 Å². The maximum absolute atomic E-state index is 11.8. The Morgan fingerprint density at radius 2 is 2.16 bits per heavy atom. The van der Waals surface area contributed by atoms with Gasteiger partial charge in [-0.3, -0.25) is 14.5 Å². The summed E-state index contributed by atoms with van der Waals surface area (Å²) in [4.78, 5) is 34.7. The van der Waals surface area contributed by atoms with Crippen molar-refractivity contribution in [3.05, 3.63) is 21.6 Å². The van der Waals surface area contributed by atoms with Crippen molar-refractivity contribution in [2.75, 3.05) is 5.75 Å². The van der Waals surface area contributed by atoms with Gasteiger partial charge < -0.3 is 10.2 Å². The number of carbonyl (C=O) groups is 3. The third-order valence-corrected chi connectivity index (χ3v) is 5.28. The smallest absolute Gasteiger partial charge is 0.354 e. The predicted molar refractivity (Wildman–Crippen MR) is 71.4 cm³/mol. The van der Waals surface area contributed by atoms with Gasteiger partial charge in [0.05, 0.1) is 10.7 Å². The number of carbonyl (C=O) groups excluding carboxylic acids is 1. The second kappa shape index (κ2) is 5.30. The van der Waals surface area contributed by atoms with E-state index in [9.17, 15) is 19.5 Å². The van der Waals surface area contributed by atoms with E-state index in [1.165, 1.54) is 28.4 Å². The second-order valence-electron chi connectivity index (χ2n) is 3.82. The molecule has 0 saturated carbocycles. The lowest BCUT2D eigenvalue weighted by atomic mass is 10.1. The van der Waals surface area contributed by atoms with Crippen LogP contribution in [0.5, 0.6) is 0 Å². The topological polar surface area (TPSA) is 94.9 Å². The third-order valence-electron chi connectivity index (χ3n) is 2.68. The molecule has 1 amide bonds. The third kappa shape index (κ3) is 2.37. The molecule has 0 aromatic carbocycles. The van der Waals surface area contributed by atoms with Gasteiger partial charge in [-0.15, -0.1) is 11.8 Å². The van der Waals surface area contributed by atoms with Crippen LogP contribution in [0.1, 0.15) is 13.3 Å². The number of thioether (sulfide) groups is 2. The van der Waals surface area contributed by atoms with E-state index >= 15 is 0 Å². The SMILES string of the molecule is CC=C1C(=O)N2C(C(=O)O)=C(SCCC(=O)O)SC12. The van der Waals surface area contributed by atoms with Gasteiger partial charge in [0.1, 0.15) is 5.37 Å². The Labute approximate surface area is 117 Å². The molecule has 2 N–H and O–H groups in total. The summed E-state index contributed by atoms with van der Waals surface area (Å²) in [6.07, 6.45) is 1.64. The average Bonchev–Trinajstić information content (AvgIpc) is 2.65. The van der Waals surface area contributed by atoms with Gasteiger partial charge in [-0.05, 0) is 6.92 Å². The number of rotatable bonds is 5. The Hall–Kier alpha value is -1.41. The van der Waals surface area contributed by atoms with Gasteiger partial charge in [-0.2, -0.15) is 0 Å². The molecule has 1 unspecified atom stereocenters. The molecule has 2 rings (SSSR count). The van der Waals surface area contributed by atoms with Crippen LogP contribution in [-0.4, -0.2) is 44.1 Å². The largest absolute Gasteiger partial charge is 0.481 e. The first-order valence-corrected chi connectivity index (χ1v) is 7.32. The number of hydrogen-bond acceptors (Lipinski definition) is 5. The second-order valence-corrected chi connectivity index (χ2v) is 6.28. The highest BCUT2D eigenvalue weighted by Gasteiger charge is 2.52. The zero-order chi connectivity index (χ0) is 14.2. The van der Waals surface area contributed by atoms with E-state index in [0.717, 1.165) is 0 Å². The van der Waals surface area contributed by atoms with Crippen LogP contribution in [0.15, 0.2) is 21.6 Å². The van der Waals surface area contributed by atoms with Crippen LogP contribution in [-0.2, 0) is 14.4 Å². The highest BCUT2D eigenvalue weighted by atomic mass is 32.2. The molecule has 1 atom stereocenters. The van der Waals surface area contributed by atoms with E-state index in [-0.39, 0.29) is 29.2 Å². The van der Waals surface area contributed by atoms with Gasteiger partial charge >= 0.3 is 11.9 Å². The van der Waals surface area contributed by atoms with Crippen LogP contribution in [0.25, 0.3) is 0 Å². The van der Waals surface area contributed by atoms with Gasteiger partial charge in [0.15, 0.2) is 5.70 Å². The number of carboxylic acid groups (broad SMARTS) is 2. The molecule has 0 spiro atoms. The van der Waals surface area contributed by atoms with Crippen LogP contribution < -0.4 is 0 Å². The van der Waals surface area contributed by atoms with Crippen molar-refractivity contribution in [3.8, 4) is 0 Å². The molecule has 8 heteroatoms. The fourth-order valence-electron chi connectivity index (χ4n) is 1.80. The summed E-state index contributed by atoms with van der Waals surface area (Å²) < 4.78 is 0.504. The number of aliphatic carboxylic acids is 2. The first kappa shape index (κ1) is 14.0.